The monoisotopic (exact) mass is 445 g/mol. The molecule has 0 aliphatic heterocycles. The van der Waals surface area contributed by atoms with Crippen LogP contribution >= 0.6 is 0 Å². The standard InChI is InChI=1S/C26H27N3O4/c1-17(28-18(2)30)20-8-10-21(11-9-20)29-26(31)25-13-12-24(15-27-25)33-23-5-3-4-22(14-23)32-16-19-6-7-19/h3-5,8-15,17,19H,6-7,16H2,1-2H3,(H,28,30)(H,29,31). The van der Waals surface area contributed by atoms with Gasteiger partial charge in [-0.3, -0.25) is 9.59 Å². The van der Waals surface area contributed by atoms with E-state index in [9.17, 15) is 9.59 Å². The van der Waals surface area contributed by atoms with Crippen LogP contribution in [0.5, 0.6) is 17.2 Å². The van der Waals surface area contributed by atoms with E-state index in [2.05, 4.69) is 15.6 Å². The quantitative estimate of drug-likeness (QED) is 0.478. The van der Waals surface area contributed by atoms with Gasteiger partial charge in [-0.05, 0) is 67.6 Å². The summed E-state index contributed by atoms with van der Waals surface area (Å²) in [5, 5.41) is 5.65. The number of hydrogen-bond donors (Lipinski definition) is 2. The van der Waals surface area contributed by atoms with Gasteiger partial charge in [-0.1, -0.05) is 18.2 Å². The second kappa shape index (κ2) is 10.2. The van der Waals surface area contributed by atoms with Gasteiger partial charge in [0.2, 0.25) is 5.91 Å². The third kappa shape index (κ3) is 6.55. The number of amides is 2. The molecule has 1 fully saturated rings. The fourth-order valence-corrected chi connectivity index (χ4v) is 3.28. The average Bonchev–Trinajstić information content (AvgIpc) is 3.63. The van der Waals surface area contributed by atoms with Gasteiger partial charge in [0.25, 0.3) is 5.91 Å². The number of carbonyl (C=O) groups excluding carboxylic acids is 2. The van der Waals surface area contributed by atoms with Gasteiger partial charge in [0.1, 0.15) is 22.9 Å². The number of ether oxygens (including phenoxy) is 2. The van der Waals surface area contributed by atoms with Crippen LogP contribution in [0.1, 0.15) is 48.8 Å². The maximum Gasteiger partial charge on any atom is 0.274 e. The van der Waals surface area contributed by atoms with E-state index in [0.29, 0.717) is 23.1 Å². The van der Waals surface area contributed by atoms with Crippen molar-refractivity contribution in [2.75, 3.05) is 11.9 Å². The first-order valence-corrected chi connectivity index (χ1v) is 11.0. The smallest absolute Gasteiger partial charge is 0.274 e. The van der Waals surface area contributed by atoms with Crippen molar-refractivity contribution in [2.24, 2.45) is 5.92 Å². The van der Waals surface area contributed by atoms with Crippen LogP contribution < -0.4 is 20.1 Å². The summed E-state index contributed by atoms with van der Waals surface area (Å²) in [6, 6.07) is 18.0. The molecule has 4 rings (SSSR count). The van der Waals surface area contributed by atoms with Crippen LogP contribution in [-0.2, 0) is 4.79 Å². The van der Waals surface area contributed by atoms with Gasteiger partial charge >= 0.3 is 0 Å². The molecule has 1 heterocycles. The number of hydrogen-bond acceptors (Lipinski definition) is 5. The van der Waals surface area contributed by atoms with Gasteiger partial charge in [0.15, 0.2) is 0 Å². The molecule has 0 bridgehead atoms. The minimum Gasteiger partial charge on any atom is -0.493 e. The molecule has 0 spiro atoms. The first-order chi connectivity index (χ1) is 16.0. The number of rotatable bonds is 9. The molecule has 7 heteroatoms. The Morgan fingerprint density at radius 2 is 1.79 bits per heavy atom. The minimum absolute atomic E-state index is 0.0898. The van der Waals surface area contributed by atoms with Crippen molar-refractivity contribution in [3.05, 3.63) is 78.1 Å². The zero-order valence-electron chi connectivity index (χ0n) is 18.7. The van der Waals surface area contributed by atoms with Crippen LogP contribution in [0.25, 0.3) is 0 Å². The van der Waals surface area contributed by atoms with Crippen LogP contribution in [-0.4, -0.2) is 23.4 Å². The minimum atomic E-state index is -0.320. The second-order valence-corrected chi connectivity index (χ2v) is 8.21. The number of anilines is 1. The Morgan fingerprint density at radius 1 is 1.03 bits per heavy atom. The van der Waals surface area contributed by atoms with Crippen LogP contribution in [0.4, 0.5) is 5.69 Å². The number of carbonyl (C=O) groups is 2. The maximum atomic E-state index is 12.5. The van der Waals surface area contributed by atoms with Crippen LogP contribution in [0, 0.1) is 5.92 Å². The predicted molar refractivity (Wildman–Crippen MR) is 126 cm³/mol. The Balaban J connectivity index is 1.32. The summed E-state index contributed by atoms with van der Waals surface area (Å²) in [4.78, 5) is 28.0. The summed E-state index contributed by atoms with van der Waals surface area (Å²) in [6.07, 6.45) is 4.00. The van der Waals surface area contributed by atoms with Gasteiger partial charge in [-0.15, -0.1) is 0 Å². The van der Waals surface area contributed by atoms with E-state index in [1.54, 1.807) is 24.3 Å². The number of benzene rings is 2. The number of nitrogens with one attached hydrogen (secondary N) is 2. The molecule has 1 aromatic heterocycles. The third-order valence-electron chi connectivity index (χ3n) is 5.28. The van der Waals surface area contributed by atoms with Gasteiger partial charge in [0.05, 0.1) is 18.8 Å². The van der Waals surface area contributed by atoms with Crippen molar-refractivity contribution >= 4 is 17.5 Å². The lowest BCUT2D eigenvalue weighted by Gasteiger charge is -2.13. The Kier molecular flexibility index (Phi) is 6.88. The molecule has 0 radical (unpaired) electrons. The largest absolute Gasteiger partial charge is 0.493 e. The van der Waals surface area contributed by atoms with E-state index in [4.69, 9.17) is 9.47 Å². The molecule has 1 unspecified atom stereocenters. The van der Waals surface area contributed by atoms with Gasteiger partial charge in [-0.2, -0.15) is 0 Å². The van der Waals surface area contributed by atoms with Crippen molar-refractivity contribution in [1.29, 1.82) is 0 Å². The van der Waals surface area contributed by atoms with Crippen molar-refractivity contribution in [3.63, 3.8) is 0 Å². The first-order valence-electron chi connectivity index (χ1n) is 11.0. The highest BCUT2D eigenvalue weighted by molar-refractivity contribution is 6.02. The molecule has 1 saturated carbocycles. The SMILES string of the molecule is CC(=O)NC(C)c1ccc(NC(=O)c2ccc(Oc3cccc(OCC4CC4)c3)cn2)cc1. The van der Waals surface area contributed by atoms with E-state index >= 15 is 0 Å². The van der Waals surface area contributed by atoms with Crippen LogP contribution in [0.2, 0.25) is 0 Å². The molecule has 0 saturated heterocycles. The molecular formula is C26H27N3O4. The van der Waals surface area contributed by atoms with Crippen molar-refractivity contribution < 1.29 is 19.1 Å². The fourth-order valence-electron chi connectivity index (χ4n) is 3.28. The molecule has 33 heavy (non-hydrogen) atoms. The molecule has 2 aromatic carbocycles. The third-order valence-corrected chi connectivity index (χ3v) is 5.28. The summed E-state index contributed by atoms with van der Waals surface area (Å²) in [7, 11) is 0. The predicted octanol–water partition coefficient (Wildman–Crippen LogP) is 5.11. The number of aromatic nitrogens is 1. The van der Waals surface area contributed by atoms with Crippen LogP contribution in [0.15, 0.2) is 66.9 Å². The summed E-state index contributed by atoms with van der Waals surface area (Å²) in [5.74, 6) is 2.23. The number of pyridine rings is 1. The highest BCUT2D eigenvalue weighted by Crippen LogP contribution is 2.31. The highest BCUT2D eigenvalue weighted by Gasteiger charge is 2.21. The maximum absolute atomic E-state index is 12.5. The van der Waals surface area contributed by atoms with Crippen molar-refractivity contribution in [3.8, 4) is 17.2 Å². The first kappa shape index (κ1) is 22.3. The van der Waals surface area contributed by atoms with E-state index in [0.717, 1.165) is 17.9 Å². The Bertz CT molecular complexity index is 1110. The summed E-state index contributed by atoms with van der Waals surface area (Å²) >= 11 is 0. The van der Waals surface area contributed by atoms with Gasteiger partial charge in [-0.25, -0.2) is 4.98 Å². The molecular weight excluding hydrogens is 418 g/mol. The van der Waals surface area contributed by atoms with Gasteiger partial charge in [0, 0.05) is 18.7 Å². The summed E-state index contributed by atoms with van der Waals surface area (Å²) in [5.41, 5.74) is 1.87. The molecule has 2 amide bonds. The van der Waals surface area contributed by atoms with Crippen LogP contribution in [0.3, 0.4) is 0 Å². The van der Waals surface area contributed by atoms with E-state index < -0.39 is 0 Å². The zero-order chi connectivity index (χ0) is 23.2. The zero-order valence-corrected chi connectivity index (χ0v) is 18.7. The summed E-state index contributed by atoms with van der Waals surface area (Å²) < 4.78 is 11.6. The lowest BCUT2D eigenvalue weighted by atomic mass is 10.1. The van der Waals surface area contributed by atoms with Crippen molar-refractivity contribution in [1.82, 2.24) is 10.3 Å². The highest BCUT2D eigenvalue weighted by atomic mass is 16.5. The van der Waals surface area contributed by atoms with E-state index in [1.165, 1.54) is 26.0 Å². The molecule has 1 atom stereocenters. The van der Waals surface area contributed by atoms with E-state index in [-0.39, 0.29) is 23.6 Å². The second-order valence-electron chi connectivity index (χ2n) is 8.21. The average molecular weight is 446 g/mol. The molecule has 7 nitrogen and oxygen atoms in total. The Hall–Kier alpha value is -3.87. The van der Waals surface area contributed by atoms with E-state index in [1.807, 2.05) is 43.3 Å². The summed E-state index contributed by atoms with van der Waals surface area (Å²) in [6.45, 7) is 4.13. The van der Waals surface area contributed by atoms with Gasteiger partial charge < -0.3 is 20.1 Å². The molecule has 1 aliphatic carbocycles. The lowest BCUT2D eigenvalue weighted by molar-refractivity contribution is -0.119. The fraction of sp³-hybridized carbons (Fsp3) is 0.269. The molecule has 1 aliphatic rings. The normalized spacial score (nSPS) is 13.6. The topological polar surface area (TPSA) is 89.6 Å². The number of nitrogens with zero attached hydrogens (tertiary/aromatic N) is 1. The molecule has 170 valence electrons. The Morgan fingerprint density at radius 3 is 2.45 bits per heavy atom. The molecule has 2 N–H and O–H groups in total. The lowest BCUT2D eigenvalue weighted by Crippen LogP contribution is -2.23. The van der Waals surface area contributed by atoms with Crippen molar-refractivity contribution in [2.45, 2.75) is 32.7 Å². The Labute approximate surface area is 193 Å². The molecule has 3 aromatic rings.